The number of ether oxygens (including phenoxy) is 1. The predicted octanol–water partition coefficient (Wildman–Crippen LogP) is 2.84. The molecule has 0 aliphatic carbocycles. The van der Waals surface area contributed by atoms with Crippen LogP contribution in [-0.2, 0) is 21.4 Å². The van der Waals surface area contributed by atoms with E-state index in [4.69, 9.17) is 4.74 Å². The molecule has 134 valence electrons. The lowest BCUT2D eigenvalue weighted by molar-refractivity contribution is 0.0474. The fraction of sp³-hybridized carbons (Fsp3) is 0.158. The quantitative estimate of drug-likeness (QED) is 0.646. The molecule has 0 unspecified atom stereocenters. The molecule has 3 rings (SSSR count). The van der Waals surface area contributed by atoms with Crippen LogP contribution in [0.5, 0.6) is 0 Å². The number of carbonyl (C=O) groups is 1. The molecule has 0 saturated carbocycles. The van der Waals surface area contributed by atoms with Gasteiger partial charge in [-0.25, -0.2) is 17.5 Å². The number of rotatable bonds is 5. The lowest BCUT2D eigenvalue weighted by Crippen LogP contribution is -2.22. The topological polar surface area (TPSA) is 76.6 Å². The smallest absolute Gasteiger partial charge is 0.338 e. The second-order valence-corrected chi connectivity index (χ2v) is 8.04. The van der Waals surface area contributed by atoms with Gasteiger partial charge in [-0.15, -0.1) is 0 Å². The van der Waals surface area contributed by atoms with Gasteiger partial charge < -0.3 is 4.74 Å². The summed E-state index contributed by atoms with van der Waals surface area (Å²) in [5.41, 5.74) is 1.74. The molecule has 6 nitrogen and oxygen atoms in total. The summed E-state index contributed by atoms with van der Waals surface area (Å²) < 4.78 is 30.9. The van der Waals surface area contributed by atoms with Crippen molar-refractivity contribution >= 4 is 26.9 Å². The fourth-order valence-electron chi connectivity index (χ4n) is 2.50. The molecule has 7 heteroatoms. The van der Waals surface area contributed by atoms with Crippen LogP contribution in [0.2, 0.25) is 0 Å². The van der Waals surface area contributed by atoms with Crippen LogP contribution >= 0.6 is 0 Å². The lowest BCUT2D eigenvalue weighted by Gasteiger charge is -2.12. The number of esters is 1. The zero-order valence-electron chi connectivity index (χ0n) is 14.4. The van der Waals surface area contributed by atoms with Crippen molar-refractivity contribution < 1.29 is 17.9 Å². The first-order valence-corrected chi connectivity index (χ1v) is 9.36. The van der Waals surface area contributed by atoms with E-state index in [1.807, 2.05) is 30.3 Å². The molecule has 1 heterocycles. The Morgan fingerprint density at radius 3 is 2.58 bits per heavy atom. The summed E-state index contributed by atoms with van der Waals surface area (Å²) in [5.74, 6) is -0.589. The third-order valence-electron chi connectivity index (χ3n) is 3.92. The number of para-hydroxylation sites is 1. The van der Waals surface area contributed by atoms with Gasteiger partial charge in [0.2, 0.25) is 10.0 Å². The Balaban J connectivity index is 1.81. The van der Waals surface area contributed by atoms with Crippen molar-refractivity contribution in [1.82, 2.24) is 9.29 Å². The normalized spacial score (nSPS) is 11.7. The first-order valence-electron chi connectivity index (χ1n) is 7.92. The highest BCUT2D eigenvalue weighted by Gasteiger charge is 2.19. The van der Waals surface area contributed by atoms with Gasteiger partial charge in [-0.1, -0.05) is 30.3 Å². The Kier molecular flexibility index (Phi) is 5.01. The molecule has 2 aromatic carbocycles. The summed E-state index contributed by atoms with van der Waals surface area (Å²) in [4.78, 5) is 16.7. The third-order valence-corrected chi connectivity index (χ3v) is 5.73. The average molecular weight is 370 g/mol. The number of nitrogens with zero attached hydrogens (tertiary/aromatic N) is 2. The van der Waals surface area contributed by atoms with E-state index >= 15 is 0 Å². The minimum atomic E-state index is -3.61. The van der Waals surface area contributed by atoms with Gasteiger partial charge in [0.15, 0.2) is 0 Å². The first kappa shape index (κ1) is 18.0. The minimum absolute atomic E-state index is 0.0452. The number of carbonyl (C=O) groups excluding carboxylic acids is 1. The van der Waals surface area contributed by atoms with E-state index in [0.717, 1.165) is 20.8 Å². The van der Waals surface area contributed by atoms with E-state index in [9.17, 15) is 13.2 Å². The number of pyridine rings is 1. The van der Waals surface area contributed by atoms with Crippen molar-refractivity contribution in [3.8, 4) is 0 Å². The second kappa shape index (κ2) is 7.23. The van der Waals surface area contributed by atoms with Gasteiger partial charge in [-0.2, -0.15) is 0 Å². The Morgan fingerprint density at radius 1 is 1.08 bits per heavy atom. The standard InChI is InChI=1S/C19H18N2O4S/c1-21(2)26(23,24)17-10-4-7-15(12-17)19(22)25-13-16-8-3-6-14-9-5-11-20-18(14)16/h3-12H,13H2,1-2H3. The lowest BCUT2D eigenvalue weighted by atomic mass is 10.1. The molecule has 0 atom stereocenters. The Bertz CT molecular complexity index is 1060. The van der Waals surface area contributed by atoms with Gasteiger partial charge in [0, 0.05) is 31.2 Å². The van der Waals surface area contributed by atoms with Crippen LogP contribution in [0.15, 0.2) is 65.7 Å². The van der Waals surface area contributed by atoms with Crippen molar-refractivity contribution in [3.63, 3.8) is 0 Å². The number of hydrogen-bond donors (Lipinski definition) is 0. The molecule has 0 radical (unpaired) electrons. The molecular weight excluding hydrogens is 352 g/mol. The summed E-state index contributed by atoms with van der Waals surface area (Å²) in [5, 5.41) is 0.958. The summed E-state index contributed by atoms with van der Waals surface area (Å²) in [6.45, 7) is 0.0534. The molecular formula is C19H18N2O4S. The van der Waals surface area contributed by atoms with E-state index in [-0.39, 0.29) is 17.1 Å². The molecule has 3 aromatic rings. The molecule has 0 fully saturated rings. The maximum Gasteiger partial charge on any atom is 0.338 e. The number of aromatic nitrogens is 1. The largest absolute Gasteiger partial charge is 0.457 e. The Labute approximate surface area is 152 Å². The van der Waals surface area contributed by atoms with Crippen LogP contribution in [0, 0.1) is 0 Å². The summed E-state index contributed by atoms with van der Waals surface area (Å²) in [7, 11) is -0.737. The van der Waals surface area contributed by atoms with Crippen LogP contribution < -0.4 is 0 Å². The van der Waals surface area contributed by atoms with Crippen LogP contribution in [0.4, 0.5) is 0 Å². The van der Waals surface area contributed by atoms with Crippen molar-refractivity contribution in [2.45, 2.75) is 11.5 Å². The van der Waals surface area contributed by atoms with Gasteiger partial charge in [0.1, 0.15) is 6.61 Å². The van der Waals surface area contributed by atoms with Gasteiger partial charge in [0.05, 0.1) is 16.0 Å². The van der Waals surface area contributed by atoms with Gasteiger partial charge >= 0.3 is 5.97 Å². The van der Waals surface area contributed by atoms with E-state index in [0.29, 0.717) is 0 Å². The molecule has 0 aliphatic heterocycles. The SMILES string of the molecule is CN(C)S(=O)(=O)c1cccc(C(=O)OCc2cccc3cccnc23)c1. The highest BCUT2D eigenvalue weighted by molar-refractivity contribution is 7.89. The van der Waals surface area contributed by atoms with Gasteiger partial charge in [0.25, 0.3) is 0 Å². The number of benzene rings is 2. The Hall–Kier alpha value is -2.77. The molecule has 1 aromatic heterocycles. The van der Waals surface area contributed by atoms with Crippen LogP contribution in [-0.4, -0.2) is 37.8 Å². The molecule has 0 amide bonds. The molecule has 0 saturated heterocycles. The first-order chi connectivity index (χ1) is 12.4. The summed E-state index contributed by atoms with van der Waals surface area (Å²) in [6, 6.07) is 15.2. The van der Waals surface area contributed by atoms with E-state index in [1.165, 1.54) is 38.4 Å². The van der Waals surface area contributed by atoms with Crippen molar-refractivity contribution in [1.29, 1.82) is 0 Å². The summed E-state index contributed by atoms with van der Waals surface area (Å²) in [6.07, 6.45) is 1.68. The maximum absolute atomic E-state index is 12.4. The zero-order valence-corrected chi connectivity index (χ0v) is 15.2. The molecule has 0 bridgehead atoms. The van der Waals surface area contributed by atoms with Crippen molar-refractivity contribution in [2.24, 2.45) is 0 Å². The van der Waals surface area contributed by atoms with Crippen LogP contribution in [0.1, 0.15) is 15.9 Å². The zero-order chi connectivity index (χ0) is 18.7. The van der Waals surface area contributed by atoms with Crippen LogP contribution in [0.3, 0.4) is 0 Å². The maximum atomic E-state index is 12.4. The van der Waals surface area contributed by atoms with E-state index in [2.05, 4.69) is 4.98 Å². The van der Waals surface area contributed by atoms with Crippen molar-refractivity contribution in [3.05, 3.63) is 71.9 Å². The highest BCUT2D eigenvalue weighted by atomic mass is 32.2. The predicted molar refractivity (Wildman–Crippen MR) is 98.2 cm³/mol. The monoisotopic (exact) mass is 370 g/mol. The number of sulfonamides is 1. The Morgan fingerprint density at radius 2 is 1.81 bits per heavy atom. The summed E-state index contributed by atoms with van der Waals surface area (Å²) >= 11 is 0. The number of hydrogen-bond acceptors (Lipinski definition) is 5. The van der Waals surface area contributed by atoms with Gasteiger partial charge in [-0.05, 0) is 24.3 Å². The van der Waals surface area contributed by atoms with E-state index in [1.54, 1.807) is 6.20 Å². The van der Waals surface area contributed by atoms with Crippen LogP contribution in [0.25, 0.3) is 10.9 Å². The number of fused-ring (bicyclic) bond motifs is 1. The third kappa shape index (κ3) is 3.58. The molecule has 26 heavy (non-hydrogen) atoms. The fourth-order valence-corrected chi connectivity index (χ4v) is 3.45. The highest BCUT2D eigenvalue weighted by Crippen LogP contribution is 2.19. The minimum Gasteiger partial charge on any atom is -0.457 e. The molecule has 0 N–H and O–H groups in total. The molecule has 0 aliphatic rings. The van der Waals surface area contributed by atoms with E-state index < -0.39 is 16.0 Å². The second-order valence-electron chi connectivity index (χ2n) is 5.88. The van der Waals surface area contributed by atoms with Gasteiger partial charge in [-0.3, -0.25) is 4.98 Å². The average Bonchev–Trinajstić information content (AvgIpc) is 2.66. The van der Waals surface area contributed by atoms with Crippen molar-refractivity contribution in [2.75, 3.05) is 14.1 Å². The molecule has 0 spiro atoms.